The molecule has 0 aliphatic carbocycles. The Hall–Kier alpha value is -1.08. The fourth-order valence-electron chi connectivity index (χ4n) is 3.16. The molecular formula is C19H21BrClNO3S. The van der Waals surface area contributed by atoms with E-state index in [-0.39, 0.29) is 17.5 Å². The molecule has 2 aromatic carbocycles. The smallest absolute Gasteiger partial charge is 0.247 e. The lowest BCUT2D eigenvalue weighted by molar-refractivity contribution is 0.187. The quantitative estimate of drug-likeness (QED) is 0.640. The molecule has 1 aliphatic rings. The summed E-state index contributed by atoms with van der Waals surface area (Å²) >= 11 is 9.47. The Morgan fingerprint density at radius 1 is 1.27 bits per heavy atom. The first-order chi connectivity index (χ1) is 12.3. The fourth-order valence-corrected chi connectivity index (χ4v) is 5.43. The van der Waals surface area contributed by atoms with Crippen molar-refractivity contribution in [3.63, 3.8) is 0 Å². The van der Waals surface area contributed by atoms with Crippen molar-refractivity contribution in [1.82, 2.24) is 4.31 Å². The molecule has 0 amide bonds. The summed E-state index contributed by atoms with van der Waals surface area (Å²) in [6.07, 6.45) is 0.717. The van der Waals surface area contributed by atoms with E-state index < -0.39 is 10.0 Å². The minimum atomic E-state index is -3.70. The van der Waals surface area contributed by atoms with E-state index in [4.69, 9.17) is 16.3 Å². The van der Waals surface area contributed by atoms with Crippen molar-refractivity contribution in [2.24, 2.45) is 5.92 Å². The summed E-state index contributed by atoms with van der Waals surface area (Å²) in [6, 6.07) is 12.1. The largest absolute Gasteiger partial charge is 0.490 e. The Bertz CT molecular complexity index is 901. The molecule has 0 spiro atoms. The molecule has 0 N–H and O–H groups in total. The molecule has 0 radical (unpaired) electrons. The van der Waals surface area contributed by atoms with Gasteiger partial charge >= 0.3 is 0 Å². The van der Waals surface area contributed by atoms with Gasteiger partial charge < -0.3 is 4.74 Å². The Balaban J connectivity index is 2.06. The highest BCUT2D eigenvalue weighted by molar-refractivity contribution is 9.10. The van der Waals surface area contributed by atoms with Gasteiger partial charge in [0, 0.05) is 16.0 Å². The molecule has 140 valence electrons. The van der Waals surface area contributed by atoms with E-state index in [2.05, 4.69) is 29.8 Å². The van der Waals surface area contributed by atoms with Crippen LogP contribution in [0.15, 0.2) is 51.8 Å². The van der Waals surface area contributed by atoms with Gasteiger partial charge in [0.15, 0.2) is 0 Å². The highest BCUT2D eigenvalue weighted by atomic mass is 79.9. The lowest BCUT2D eigenvalue weighted by atomic mass is 10.0. The van der Waals surface area contributed by atoms with Crippen molar-refractivity contribution in [3.8, 4) is 5.75 Å². The zero-order valence-corrected chi connectivity index (χ0v) is 17.8. The van der Waals surface area contributed by atoms with Crippen LogP contribution in [0.25, 0.3) is 0 Å². The Kier molecular flexibility index (Phi) is 5.97. The lowest BCUT2D eigenvalue weighted by Crippen LogP contribution is -2.42. The third-order valence-corrected chi connectivity index (χ3v) is 6.97. The molecule has 3 rings (SSSR count). The summed E-state index contributed by atoms with van der Waals surface area (Å²) in [5.74, 6) is 0.732. The van der Waals surface area contributed by atoms with E-state index >= 15 is 0 Å². The lowest BCUT2D eigenvalue weighted by Gasteiger charge is -2.29. The van der Waals surface area contributed by atoms with Gasteiger partial charge in [-0.2, -0.15) is 4.31 Å². The molecule has 7 heteroatoms. The SMILES string of the molecule is CC(C)C[C@H]1COc2cc(Br)ccc2S(=O)(=O)N1Cc1cccc(Cl)c1. The summed E-state index contributed by atoms with van der Waals surface area (Å²) in [5.41, 5.74) is 0.857. The van der Waals surface area contributed by atoms with Gasteiger partial charge in [-0.05, 0) is 48.2 Å². The van der Waals surface area contributed by atoms with Gasteiger partial charge in [-0.1, -0.05) is 53.5 Å². The molecule has 26 heavy (non-hydrogen) atoms. The molecule has 0 bridgehead atoms. The molecule has 0 saturated heterocycles. The van der Waals surface area contributed by atoms with Gasteiger partial charge in [-0.15, -0.1) is 0 Å². The van der Waals surface area contributed by atoms with Crippen LogP contribution in [0.1, 0.15) is 25.8 Å². The van der Waals surface area contributed by atoms with Crippen molar-refractivity contribution < 1.29 is 13.2 Å². The highest BCUT2D eigenvalue weighted by Gasteiger charge is 2.37. The van der Waals surface area contributed by atoms with E-state index in [9.17, 15) is 8.42 Å². The van der Waals surface area contributed by atoms with Crippen molar-refractivity contribution in [2.75, 3.05) is 6.61 Å². The molecule has 0 saturated carbocycles. The predicted molar refractivity (Wildman–Crippen MR) is 107 cm³/mol. The second kappa shape index (κ2) is 7.89. The summed E-state index contributed by atoms with van der Waals surface area (Å²) in [7, 11) is -3.70. The van der Waals surface area contributed by atoms with Crippen LogP contribution in [0.4, 0.5) is 0 Å². The van der Waals surface area contributed by atoms with Crippen LogP contribution in [0, 0.1) is 5.92 Å². The molecule has 4 nitrogen and oxygen atoms in total. The maximum Gasteiger partial charge on any atom is 0.247 e. The van der Waals surface area contributed by atoms with E-state index in [1.54, 1.807) is 34.6 Å². The third-order valence-electron chi connectivity index (χ3n) is 4.30. The van der Waals surface area contributed by atoms with E-state index in [0.29, 0.717) is 23.3 Å². The standard InChI is InChI=1S/C19H21BrClNO3S/c1-13(2)8-17-12-25-18-10-15(20)6-7-19(18)26(23,24)22(17)11-14-4-3-5-16(21)9-14/h3-7,9-10,13,17H,8,11-12H2,1-2H3/t17-/m0/s1. The number of fused-ring (bicyclic) bond motifs is 1. The molecule has 0 fully saturated rings. The average molecular weight is 459 g/mol. The number of ether oxygens (including phenoxy) is 1. The van der Waals surface area contributed by atoms with Crippen LogP contribution in [0.3, 0.4) is 0 Å². The first-order valence-corrected chi connectivity index (χ1v) is 11.1. The third kappa shape index (κ3) is 4.25. The first kappa shape index (κ1) is 19.7. The number of nitrogens with zero attached hydrogens (tertiary/aromatic N) is 1. The normalized spacial score (nSPS) is 19.7. The highest BCUT2D eigenvalue weighted by Crippen LogP contribution is 2.35. The predicted octanol–water partition coefficient (Wildman–Crippen LogP) is 5.10. The van der Waals surface area contributed by atoms with Crippen LogP contribution in [-0.2, 0) is 16.6 Å². The molecule has 0 unspecified atom stereocenters. The molecule has 0 aromatic heterocycles. The van der Waals surface area contributed by atoms with Crippen molar-refractivity contribution in [2.45, 2.75) is 37.8 Å². The summed E-state index contributed by atoms with van der Waals surface area (Å²) < 4.78 is 35.1. The van der Waals surface area contributed by atoms with Crippen LogP contribution in [0.2, 0.25) is 5.02 Å². The van der Waals surface area contributed by atoms with Gasteiger partial charge in [0.2, 0.25) is 10.0 Å². The number of rotatable bonds is 4. The molecule has 2 aromatic rings. The van der Waals surface area contributed by atoms with Crippen LogP contribution in [-0.4, -0.2) is 25.4 Å². The van der Waals surface area contributed by atoms with Crippen molar-refractivity contribution in [1.29, 1.82) is 0 Å². The minimum Gasteiger partial charge on any atom is -0.490 e. The summed E-state index contributed by atoms with van der Waals surface area (Å²) in [4.78, 5) is 0.203. The second-order valence-corrected chi connectivity index (χ2v) is 10.1. The Morgan fingerprint density at radius 2 is 2.04 bits per heavy atom. The van der Waals surface area contributed by atoms with Gasteiger partial charge in [0.05, 0.1) is 6.04 Å². The Morgan fingerprint density at radius 3 is 2.73 bits per heavy atom. The monoisotopic (exact) mass is 457 g/mol. The van der Waals surface area contributed by atoms with Gasteiger partial charge in [-0.3, -0.25) is 0 Å². The van der Waals surface area contributed by atoms with Gasteiger partial charge in [0.1, 0.15) is 17.3 Å². The molecule has 1 atom stereocenters. The molecule has 1 heterocycles. The fraction of sp³-hybridized carbons (Fsp3) is 0.368. The maximum atomic E-state index is 13.4. The van der Waals surface area contributed by atoms with Gasteiger partial charge in [-0.25, -0.2) is 8.42 Å². The second-order valence-electron chi connectivity index (χ2n) is 6.87. The molecule has 1 aliphatic heterocycles. The zero-order valence-electron chi connectivity index (χ0n) is 14.7. The number of halogens is 2. The van der Waals surface area contributed by atoms with Crippen molar-refractivity contribution >= 4 is 37.6 Å². The maximum absolute atomic E-state index is 13.4. The van der Waals surface area contributed by atoms with E-state index in [0.717, 1.165) is 16.5 Å². The zero-order chi connectivity index (χ0) is 18.9. The first-order valence-electron chi connectivity index (χ1n) is 8.46. The average Bonchev–Trinajstić information content (AvgIpc) is 2.64. The number of hydrogen-bond donors (Lipinski definition) is 0. The number of benzene rings is 2. The minimum absolute atomic E-state index is 0.203. The number of hydrogen-bond acceptors (Lipinski definition) is 3. The van der Waals surface area contributed by atoms with Gasteiger partial charge in [0.25, 0.3) is 0 Å². The van der Waals surface area contributed by atoms with E-state index in [1.807, 2.05) is 12.1 Å². The van der Waals surface area contributed by atoms with Crippen LogP contribution >= 0.6 is 27.5 Å². The summed E-state index contributed by atoms with van der Waals surface area (Å²) in [6.45, 7) is 4.75. The Labute approximate surface area is 168 Å². The van der Waals surface area contributed by atoms with Crippen LogP contribution < -0.4 is 4.74 Å². The number of sulfonamides is 1. The topological polar surface area (TPSA) is 46.6 Å². The summed E-state index contributed by atoms with van der Waals surface area (Å²) in [5, 5.41) is 0.593. The van der Waals surface area contributed by atoms with Crippen LogP contribution in [0.5, 0.6) is 5.75 Å². The molecular weight excluding hydrogens is 438 g/mol. The van der Waals surface area contributed by atoms with Crippen molar-refractivity contribution in [3.05, 3.63) is 57.5 Å². The van der Waals surface area contributed by atoms with E-state index in [1.165, 1.54) is 0 Å².